The van der Waals surface area contributed by atoms with Crippen LogP contribution in [0.25, 0.3) is 33.1 Å². The van der Waals surface area contributed by atoms with E-state index < -0.39 is 0 Å². The molecule has 0 atom stereocenters. The van der Waals surface area contributed by atoms with Crippen molar-refractivity contribution in [2.45, 2.75) is 32.2 Å². The number of thiazole rings is 1. The van der Waals surface area contributed by atoms with Gasteiger partial charge in [-0.1, -0.05) is 12.1 Å². The number of pyridine rings is 1. The average Bonchev–Trinajstić information content (AvgIpc) is 3.54. The van der Waals surface area contributed by atoms with Gasteiger partial charge in [-0.2, -0.15) is 5.10 Å². The number of nitrogens with zero attached hydrogens (tertiary/aromatic N) is 3. The molecule has 1 aliphatic carbocycles. The fourth-order valence-electron chi connectivity index (χ4n) is 4.66. The molecule has 0 radical (unpaired) electrons. The van der Waals surface area contributed by atoms with E-state index in [9.17, 15) is 4.79 Å². The highest BCUT2D eigenvalue weighted by Gasteiger charge is 2.21. The maximum atomic E-state index is 12.5. The van der Waals surface area contributed by atoms with Crippen molar-refractivity contribution in [2.24, 2.45) is 0 Å². The highest BCUT2D eigenvalue weighted by molar-refractivity contribution is 7.09. The smallest absolute Gasteiger partial charge is 0.251 e. The number of hydrogen-bond acceptors (Lipinski definition) is 5. The van der Waals surface area contributed by atoms with Crippen LogP contribution in [-0.4, -0.2) is 26.1 Å². The Labute approximate surface area is 188 Å². The zero-order chi connectivity index (χ0) is 21.5. The predicted octanol–water partition coefficient (Wildman–Crippen LogP) is 5.04. The monoisotopic (exact) mass is 439 g/mol. The van der Waals surface area contributed by atoms with Crippen molar-refractivity contribution >= 4 is 39.0 Å². The van der Waals surface area contributed by atoms with Crippen molar-refractivity contribution in [2.75, 3.05) is 0 Å². The van der Waals surface area contributed by atoms with E-state index in [0.29, 0.717) is 12.1 Å². The van der Waals surface area contributed by atoms with Gasteiger partial charge in [0.05, 0.1) is 29.5 Å². The Kier molecular flexibility index (Phi) is 4.69. The maximum absolute atomic E-state index is 12.5. The topological polar surface area (TPSA) is 83.6 Å². The number of benzene rings is 2. The standard InChI is InChI=1S/C25H21N5OS/c31-25(27-14-22-26-11-12-32-22)16-7-5-15(6-8-16)24-18-4-2-1-3-17(18)23-19-13-28-30-20(19)9-10-21(23)29-24/h5-13H,1-4,14H2,(H,27,31)(H,28,30). The number of hydrogen-bond donors (Lipinski definition) is 2. The lowest BCUT2D eigenvalue weighted by atomic mass is 9.85. The number of aryl methyl sites for hydroxylation is 1. The summed E-state index contributed by atoms with van der Waals surface area (Å²) in [4.78, 5) is 21.8. The summed E-state index contributed by atoms with van der Waals surface area (Å²) in [6.07, 6.45) is 8.10. The van der Waals surface area contributed by atoms with Crippen LogP contribution in [0.2, 0.25) is 0 Å². The number of fused-ring (bicyclic) bond motifs is 5. The molecule has 6 rings (SSSR count). The minimum atomic E-state index is -0.0948. The van der Waals surface area contributed by atoms with Crippen molar-refractivity contribution in [3.63, 3.8) is 0 Å². The molecule has 0 spiro atoms. The van der Waals surface area contributed by atoms with Gasteiger partial charge in [-0.05, 0) is 61.1 Å². The zero-order valence-electron chi connectivity index (χ0n) is 17.4. The molecule has 1 aliphatic rings. The van der Waals surface area contributed by atoms with Crippen LogP contribution in [0.15, 0.2) is 54.2 Å². The largest absolute Gasteiger partial charge is 0.346 e. The average molecular weight is 440 g/mol. The first-order chi connectivity index (χ1) is 15.8. The van der Waals surface area contributed by atoms with E-state index in [1.54, 1.807) is 6.20 Å². The molecule has 3 aromatic heterocycles. The molecule has 0 unspecified atom stereocenters. The fourth-order valence-corrected chi connectivity index (χ4v) is 5.22. The number of aromatic amines is 1. The molecule has 0 aliphatic heterocycles. The predicted molar refractivity (Wildman–Crippen MR) is 127 cm³/mol. The van der Waals surface area contributed by atoms with Crippen LogP contribution in [0.4, 0.5) is 0 Å². The fraction of sp³-hybridized carbons (Fsp3) is 0.200. The summed E-state index contributed by atoms with van der Waals surface area (Å²) >= 11 is 1.53. The molecule has 1 amide bonds. The van der Waals surface area contributed by atoms with E-state index in [1.165, 1.54) is 40.7 Å². The van der Waals surface area contributed by atoms with E-state index in [0.717, 1.165) is 45.5 Å². The molecule has 7 heteroatoms. The van der Waals surface area contributed by atoms with Crippen LogP contribution in [0.1, 0.15) is 39.3 Å². The molecule has 5 aromatic rings. The molecule has 0 saturated carbocycles. The van der Waals surface area contributed by atoms with Gasteiger partial charge in [-0.3, -0.25) is 9.89 Å². The summed E-state index contributed by atoms with van der Waals surface area (Å²) in [5.41, 5.74) is 7.50. The molecule has 0 saturated heterocycles. The Morgan fingerprint density at radius 2 is 1.91 bits per heavy atom. The molecule has 0 bridgehead atoms. The van der Waals surface area contributed by atoms with Gasteiger partial charge in [0.2, 0.25) is 0 Å². The minimum Gasteiger partial charge on any atom is -0.346 e. The van der Waals surface area contributed by atoms with Gasteiger partial charge >= 0.3 is 0 Å². The van der Waals surface area contributed by atoms with Crippen LogP contribution in [-0.2, 0) is 19.4 Å². The molecule has 32 heavy (non-hydrogen) atoms. The molecule has 2 aromatic carbocycles. The van der Waals surface area contributed by atoms with Crippen molar-refractivity contribution in [1.29, 1.82) is 0 Å². The molecule has 158 valence electrons. The summed E-state index contributed by atoms with van der Waals surface area (Å²) in [5, 5.41) is 15.4. The second-order valence-electron chi connectivity index (χ2n) is 8.10. The minimum absolute atomic E-state index is 0.0948. The highest BCUT2D eigenvalue weighted by atomic mass is 32.1. The SMILES string of the molecule is O=C(NCc1nccs1)c1ccc(-c2nc3ccc4[nH]ncc4c3c3c2CCCC3)cc1. The van der Waals surface area contributed by atoms with Gasteiger partial charge in [-0.15, -0.1) is 11.3 Å². The first kappa shape index (κ1) is 19.1. The van der Waals surface area contributed by atoms with Crippen molar-refractivity contribution in [1.82, 2.24) is 25.5 Å². The van der Waals surface area contributed by atoms with Gasteiger partial charge in [0.15, 0.2) is 0 Å². The zero-order valence-corrected chi connectivity index (χ0v) is 18.2. The molecule has 6 nitrogen and oxygen atoms in total. The number of amides is 1. The molecular weight excluding hydrogens is 418 g/mol. The van der Waals surface area contributed by atoms with E-state index >= 15 is 0 Å². The number of carbonyl (C=O) groups excluding carboxylic acids is 1. The first-order valence-electron chi connectivity index (χ1n) is 10.8. The number of H-pyrrole nitrogens is 1. The summed E-state index contributed by atoms with van der Waals surface area (Å²) in [6, 6.07) is 11.9. The van der Waals surface area contributed by atoms with Crippen LogP contribution >= 0.6 is 11.3 Å². The van der Waals surface area contributed by atoms with Crippen LogP contribution in [0, 0.1) is 0 Å². The molecule has 0 fully saturated rings. The first-order valence-corrected chi connectivity index (χ1v) is 11.7. The van der Waals surface area contributed by atoms with Crippen molar-refractivity contribution in [3.05, 3.63) is 75.9 Å². The van der Waals surface area contributed by atoms with Crippen molar-refractivity contribution in [3.8, 4) is 11.3 Å². The second kappa shape index (κ2) is 7.84. The quantitative estimate of drug-likeness (QED) is 0.411. The number of aromatic nitrogens is 4. The van der Waals surface area contributed by atoms with Gasteiger partial charge in [0.1, 0.15) is 5.01 Å². The Morgan fingerprint density at radius 1 is 1.06 bits per heavy atom. The Morgan fingerprint density at radius 3 is 2.72 bits per heavy atom. The van der Waals surface area contributed by atoms with Gasteiger partial charge < -0.3 is 5.32 Å². The number of carbonyl (C=O) groups is 1. The second-order valence-corrected chi connectivity index (χ2v) is 9.08. The molecule has 2 N–H and O–H groups in total. The molecular formula is C25H21N5OS. The normalized spacial score (nSPS) is 13.4. The number of nitrogens with one attached hydrogen (secondary N) is 2. The van der Waals surface area contributed by atoms with Gasteiger partial charge in [0, 0.05) is 33.5 Å². The third-order valence-corrected chi connectivity index (χ3v) is 6.97. The summed E-state index contributed by atoms with van der Waals surface area (Å²) in [6.45, 7) is 0.445. The Balaban J connectivity index is 1.37. The lowest BCUT2D eigenvalue weighted by Gasteiger charge is -2.22. The third-order valence-electron chi connectivity index (χ3n) is 6.19. The van der Waals surface area contributed by atoms with E-state index in [-0.39, 0.29) is 5.91 Å². The Bertz CT molecular complexity index is 1440. The third kappa shape index (κ3) is 3.26. The van der Waals surface area contributed by atoms with Gasteiger partial charge in [-0.25, -0.2) is 9.97 Å². The summed E-state index contributed by atoms with van der Waals surface area (Å²) in [5.74, 6) is -0.0948. The summed E-state index contributed by atoms with van der Waals surface area (Å²) < 4.78 is 0. The van der Waals surface area contributed by atoms with Crippen molar-refractivity contribution < 1.29 is 4.79 Å². The number of rotatable bonds is 4. The van der Waals surface area contributed by atoms with Crippen LogP contribution in [0.5, 0.6) is 0 Å². The summed E-state index contributed by atoms with van der Waals surface area (Å²) in [7, 11) is 0. The van der Waals surface area contributed by atoms with Gasteiger partial charge in [0.25, 0.3) is 5.91 Å². The van der Waals surface area contributed by atoms with E-state index in [1.807, 2.05) is 41.9 Å². The van der Waals surface area contributed by atoms with E-state index in [2.05, 4.69) is 26.6 Å². The lowest BCUT2D eigenvalue weighted by molar-refractivity contribution is 0.0951. The van der Waals surface area contributed by atoms with E-state index in [4.69, 9.17) is 4.98 Å². The van der Waals surface area contributed by atoms with Crippen LogP contribution < -0.4 is 5.32 Å². The highest BCUT2D eigenvalue weighted by Crippen LogP contribution is 2.37. The lowest BCUT2D eigenvalue weighted by Crippen LogP contribution is -2.22. The Hall–Kier alpha value is -3.58. The van der Waals surface area contributed by atoms with Crippen LogP contribution in [0.3, 0.4) is 0 Å². The molecule has 3 heterocycles. The maximum Gasteiger partial charge on any atom is 0.251 e.